The molecule has 0 aliphatic rings. The Bertz CT molecular complexity index is 736. The Morgan fingerprint density at radius 2 is 1.89 bits per heavy atom. The first kappa shape index (κ1) is 20.5. The molecular weight excluding hydrogens is 365 g/mol. The lowest BCUT2D eigenvalue weighted by Crippen LogP contribution is -2.29. The third-order valence-corrected chi connectivity index (χ3v) is 3.15. The Morgan fingerprint density at radius 1 is 1.15 bits per heavy atom. The van der Waals surface area contributed by atoms with E-state index < -0.39 is 25.3 Å². The molecule has 0 radical (unpaired) electrons. The molecule has 0 atom stereocenters. The van der Waals surface area contributed by atoms with Crippen molar-refractivity contribution >= 4 is 5.91 Å². The maximum absolute atomic E-state index is 11.9. The van der Waals surface area contributed by atoms with Crippen molar-refractivity contribution in [3.8, 4) is 17.4 Å². The molecule has 9 heteroatoms. The summed E-state index contributed by atoms with van der Waals surface area (Å²) in [4.78, 5) is 15.6. The van der Waals surface area contributed by atoms with Crippen LogP contribution >= 0.6 is 0 Å². The molecular formula is C18H19F3N2O4. The average molecular weight is 384 g/mol. The number of carbonyl (C=O) groups excluding carboxylic acids is 1. The summed E-state index contributed by atoms with van der Waals surface area (Å²) in [6, 6.07) is 10.5. The molecule has 2 rings (SSSR count). The van der Waals surface area contributed by atoms with Crippen molar-refractivity contribution in [3.63, 3.8) is 0 Å². The Balaban J connectivity index is 1.82. The van der Waals surface area contributed by atoms with Crippen LogP contribution < -0.4 is 14.8 Å². The maximum atomic E-state index is 11.9. The van der Waals surface area contributed by atoms with E-state index in [1.807, 2.05) is 19.1 Å². The number of nitrogens with zero attached hydrogens (tertiary/aromatic N) is 1. The summed E-state index contributed by atoms with van der Waals surface area (Å²) >= 11 is 0. The Morgan fingerprint density at radius 3 is 2.52 bits per heavy atom. The molecule has 1 aromatic heterocycles. The van der Waals surface area contributed by atoms with E-state index in [1.54, 1.807) is 24.3 Å². The van der Waals surface area contributed by atoms with E-state index in [9.17, 15) is 18.0 Å². The van der Waals surface area contributed by atoms with E-state index in [0.717, 1.165) is 0 Å². The zero-order chi connectivity index (χ0) is 19.7. The lowest BCUT2D eigenvalue weighted by molar-refractivity contribution is -0.175. The average Bonchev–Trinajstić information content (AvgIpc) is 2.62. The number of amides is 1. The second kappa shape index (κ2) is 9.77. The van der Waals surface area contributed by atoms with Gasteiger partial charge in [-0.15, -0.1) is 0 Å². The normalized spacial score (nSPS) is 11.1. The van der Waals surface area contributed by atoms with Gasteiger partial charge in [0, 0.05) is 18.8 Å². The van der Waals surface area contributed by atoms with Gasteiger partial charge in [0.2, 0.25) is 11.8 Å². The summed E-state index contributed by atoms with van der Waals surface area (Å²) in [5.74, 6) is 0.808. The van der Waals surface area contributed by atoms with E-state index in [4.69, 9.17) is 9.47 Å². The highest BCUT2D eigenvalue weighted by Crippen LogP contribution is 2.30. The van der Waals surface area contributed by atoms with Crippen LogP contribution in [0.2, 0.25) is 0 Å². The lowest BCUT2D eigenvalue weighted by Gasteiger charge is -2.11. The molecule has 0 bridgehead atoms. The van der Waals surface area contributed by atoms with Crippen LogP contribution in [0.15, 0.2) is 42.6 Å². The smallest absolute Gasteiger partial charge is 0.411 e. The van der Waals surface area contributed by atoms with Gasteiger partial charge in [0.25, 0.3) is 0 Å². The number of carbonyl (C=O) groups is 1. The molecule has 0 fully saturated rings. The fourth-order valence-corrected chi connectivity index (χ4v) is 2.01. The predicted octanol–water partition coefficient (Wildman–Crippen LogP) is 3.47. The zero-order valence-electron chi connectivity index (χ0n) is 14.6. The molecule has 2 aromatic rings. The van der Waals surface area contributed by atoms with Crippen LogP contribution in [0.25, 0.3) is 0 Å². The van der Waals surface area contributed by atoms with E-state index in [2.05, 4.69) is 15.0 Å². The van der Waals surface area contributed by atoms with Crippen molar-refractivity contribution in [1.82, 2.24) is 10.3 Å². The van der Waals surface area contributed by atoms with Gasteiger partial charge in [0.15, 0.2) is 11.5 Å². The first-order valence-electron chi connectivity index (χ1n) is 8.13. The number of para-hydroxylation sites is 2. The first-order chi connectivity index (χ1) is 12.9. The van der Waals surface area contributed by atoms with Gasteiger partial charge in [-0.1, -0.05) is 18.2 Å². The van der Waals surface area contributed by atoms with Crippen LogP contribution in [0.1, 0.15) is 12.5 Å². The molecule has 0 unspecified atom stereocenters. The number of benzene rings is 1. The summed E-state index contributed by atoms with van der Waals surface area (Å²) in [6.07, 6.45) is -2.96. The molecule has 1 amide bonds. The van der Waals surface area contributed by atoms with Crippen LogP contribution in [-0.2, 0) is 16.1 Å². The number of rotatable bonds is 9. The molecule has 0 aliphatic carbocycles. The Hall–Kier alpha value is -2.81. The number of nitrogens with one attached hydrogen (secondary N) is 1. The van der Waals surface area contributed by atoms with Crippen LogP contribution in [0, 0.1) is 0 Å². The van der Waals surface area contributed by atoms with Gasteiger partial charge in [-0.2, -0.15) is 13.2 Å². The minimum absolute atomic E-state index is 0.108. The van der Waals surface area contributed by atoms with Crippen molar-refractivity contribution in [2.24, 2.45) is 0 Å². The molecule has 1 aromatic carbocycles. The Labute approximate surface area is 154 Å². The molecule has 146 valence electrons. The number of aromatic nitrogens is 1. The topological polar surface area (TPSA) is 69.7 Å². The SMILES string of the molecule is CCOc1ccccc1Oc1ccc(CNC(=O)COCC(F)(F)F)cn1. The second-order valence-electron chi connectivity index (χ2n) is 5.37. The third kappa shape index (κ3) is 7.53. The van der Waals surface area contributed by atoms with Crippen LogP contribution in [0.5, 0.6) is 17.4 Å². The molecule has 0 aliphatic heterocycles. The molecule has 1 heterocycles. The van der Waals surface area contributed by atoms with Crippen molar-refractivity contribution in [2.45, 2.75) is 19.6 Å². The van der Waals surface area contributed by atoms with E-state index in [-0.39, 0.29) is 6.54 Å². The summed E-state index contributed by atoms with van der Waals surface area (Å²) in [5, 5.41) is 2.45. The predicted molar refractivity (Wildman–Crippen MR) is 90.6 cm³/mol. The summed E-state index contributed by atoms with van der Waals surface area (Å²) in [7, 11) is 0. The zero-order valence-corrected chi connectivity index (χ0v) is 14.6. The van der Waals surface area contributed by atoms with E-state index in [1.165, 1.54) is 6.20 Å². The van der Waals surface area contributed by atoms with Gasteiger partial charge in [0.1, 0.15) is 13.2 Å². The van der Waals surface area contributed by atoms with Crippen LogP contribution in [0.3, 0.4) is 0 Å². The van der Waals surface area contributed by atoms with Gasteiger partial charge in [-0.05, 0) is 24.6 Å². The summed E-state index contributed by atoms with van der Waals surface area (Å²) in [6.45, 7) is 0.349. The van der Waals surface area contributed by atoms with Crippen LogP contribution in [-0.4, -0.2) is 36.9 Å². The monoisotopic (exact) mass is 384 g/mol. The van der Waals surface area contributed by atoms with Crippen molar-refractivity contribution < 1.29 is 32.2 Å². The minimum atomic E-state index is -4.46. The number of alkyl halides is 3. The first-order valence-corrected chi connectivity index (χ1v) is 8.13. The van der Waals surface area contributed by atoms with E-state index in [0.29, 0.717) is 29.5 Å². The van der Waals surface area contributed by atoms with Crippen molar-refractivity contribution in [2.75, 3.05) is 19.8 Å². The fourth-order valence-electron chi connectivity index (χ4n) is 2.01. The quantitative estimate of drug-likeness (QED) is 0.717. The van der Waals surface area contributed by atoms with Crippen molar-refractivity contribution in [3.05, 3.63) is 48.2 Å². The minimum Gasteiger partial charge on any atom is -0.490 e. The Kier molecular flexibility index (Phi) is 7.42. The molecule has 27 heavy (non-hydrogen) atoms. The highest BCUT2D eigenvalue weighted by Gasteiger charge is 2.27. The van der Waals surface area contributed by atoms with Crippen molar-refractivity contribution in [1.29, 1.82) is 0 Å². The van der Waals surface area contributed by atoms with Gasteiger partial charge < -0.3 is 19.5 Å². The highest BCUT2D eigenvalue weighted by molar-refractivity contribution is 5.77. The molecule has 0 saturated heterocycles. The summed E-state index contributed by atoms with van der Waals surface area (Å²) in [5.41, 5.74) is 0.657. The van der Waals surface area contributed by atoms with Gasteiger partial charge in [0.05, 0.1) is 6.61 Å². The number of hydrogen-bond acceptors (Lipinski definition) is 5. The van der Waals surface area contributed by atoms with Gasteiger partial charge in [-0.3, -0.25) is 4.79 Å². The van der Waals surface area contributed by atoms with Gasteiger partial charge >= 0.3 is 6.18 Å². The summed E-state index contributed by atoms with van der Waals surface area (Å²) < 4.78 is 51.2. The number of hydrogen-bond donors (Lipinski definition) is 1. The molecule has 0 saturated carbocycles. The fraction of sp³-hybridized carbons (Fsp3) is 0.333. The molecule has 1 N–H and O–H groups in total. The maximum Gasteiger partial charge on any atom is 0.411 e. The molecule has 0 spiro atoms. The van der Waals surface area contributed by atoms with Crippen LogP contribution in [0.4, 0.5) is 13.2 Å². The largest absolute Gasteiger partial charge is 0.490 e. The highest BCUT2D eigenvalue weighted by atomic mass is 19.4. The number of pyridine rings is 1. The number of ether oxygens (including phenoxy) is 3. The van der Waals surface area contributed by atoms with Gasteiger partial charge in [-0.25, -0.2) is 4.98 Å². The second-order valence-corrected chi connectivity index (χ2v) is 5.37. The third-order valence-electron chi connectivity index (χ3n) is 3.15. The lowest BCUT2D eigenvalue weighted by atomic mass is 10.3. The number of halogens is 3. The standard InChI is InChI=1S/C18H19F3N2O4/c1-2-26-14-5-3-4-6-15(14)27-17-8-7-13(10-23-17)9-22-16(24)11-25-12-18(19,20)21/h3-8,10H,2,9,11-12H2,1H3,(H,22,24). The van der Waals surface area contributed by atoms with E-state index >= 15 is 0 Å². The molecule has 6 nitrogen and oxygen atoms in total.